The Balaban J connectivity index is 4.48. The highest BCUT2D eigenvalue weighted by molar-refractivity contribution is 5.85. The smallest absolute Gasteiger partial charge is 0.347 e. The Hall–Kier alpha value is -2.65. The van der Waals surface area contributed by atoms with Gasteiger partial charge in [0.2, 0.25) is 0 Å². The average Bonchev–Trinajstić information content (AvgIpc) is 2.45. The van der Waals surface area contributed by atoms with Crippen LogP contribution in [0.15, 0.2) is 0 Å². The molecule has 0 bridgehead atoms. The third-order valence-electron chi connectivity index (χ3n) is 2.57. The van der Waals surface area contributed by atoms with Crippen molar-refractivity contribution in [2.45, 2.75) is 59.0 Å². The molecule has 0 saturated heterocycles. The molecule has 1 N–H and O–H groups in total. The van der Waals surface area contributed by atoms with Gasteiger partial charge in [0, 0.05) is 6.92 Å². The number of carboxylic acids is 1. The zero-order chi connectivity index (χ0) is 19.0. The summed E-state index contributed by atoms with van der Waals surface area (Å²) in [5, 5.41) is 8.62. The summed E-state index contributed by atoms with van der Waals surface area (Å²) < 4.78 is 18.6. The van der Waals surface area contributed by atoms with E-state index in [9.17, 15) is 24.0 Å². The van der Waals surface area contributed by atoms with Crippen molar-refractivity contribution in [1.82, 2.24) is 0 Å². The zero-order valence-electron chi connectivity index (χ0n) is 13.9. The second-order valence-corrected chi connectivity index (χ2v) is 4.83. The van der Waals surface area contributed by atoms with E-state index in [1.165, 1.54) is 20.8 Å². The molecule has 0 aliphatic carbocycles. The lowest BCUT2D eigenvalue weighted by molar-refractivity contribution is -0.184. The van der Waals surface area contributed by atoms with E-state index in [4.69, 9.17) is 14.6 Å². The van der Waals surface area contributed by atoms with E-state index in [1.54, 1.807) is 0 Å². The summed E-state index contributed by atoms with van der Waals surface area (Å²) >= 11 is 0. The van der Waals surface area contributed by atoms with Crippen LogP contribution in [-0.2, 0) is 42.9 Å². The standard InChI is InChI=1S/C14H20O10/c1-6(11(16)17)22-13(19)8(3)24-14(20)9(4)23-12(18)7(2)21-10(5)15/h6-9H,1-5H3,(H,16,17)/t6?,7-,8-,9-/m0/s1. The van der Waals surface area contributed by atoms with E-state index < -0.39 is 54.3 Å². The highest BCUT2D eigenvalue weighted by atomic mass is 16.6. The lowest BCUT2D eigenvalue weighted by Crippen LogP contribution is -2.37. The molecular formula is C14H20O10. The molecule has 0 amide bonds. The van der Waals surface area contributed by atoms with Crippen molar-refractivity contribution in [3.63, 3.8) is 0 Å². The van der Waals surface area contributed by atoms with Crippen LogP contribution in [-0.4, -0.2) is 59.4 Å². The van der Waals surface area contributed by atoms with Gasteiger partial charge in [-0.1, -0.05) is 0 Å². The lowest BCUT2D eigenvalue weighted by atomic mass is 10.3. The minimum Gasteiger partial charge on any atom is -0.479 e. The number of hydrogen-bond acceptors (Lipinski definition) is 9. The highest BCUT2D eigenvalue weighted by Gasteiger charge is 2.29. The Bertz CT molecular complexity index is 512. The molecule has 10 nitrogen and oxygen atoms in total. The molecule has 0 rings (SSSR count). The first-order chi connectivity index (χ1) is 11.0. The largest absolute Gasteiger partial charge is 0.479 e. The second kappa shape index (κ2) is 9.48. The van der Waals surface area contributed by atoms with Crippen molar-refractivity contribution in [2.24, 2.45) is 0 Å². The molecule has 0 fully saturated rings. The van der Waals surface area contributed by atoms with Crippen LogP contribution in [0.1, 0.15) is 34.6 Å². The van der Waals surface area contributed by atoms with Crippen LogP contribution in [0.4, 0.5) is 0 Å². The fourth-order valence-electron chi connectivity index (χ4n) is 1.25. The molecule has 0 aliphatic heterocycles. The second-order valence-electron chi connectivity index (χ2n) is 4.83. The number of hydrogen-bond donors (Lipinski definition) is 1. The Morgan fingerprint density at radius 3 is 1.21 bits per heavy atom. The third-order valence-corrected chi connectivity index (χ3v) is 2.57. The molecule has 0 saturated carbocycles. The Morgan fingerprint density at radius 2 is 0.917 bits per heavy atom. The van der Waals surface area contributed by atoms with Gasteiger partial charge < -0.3 is 24.1 Å². The van der Waals surface area contributed by atoms with Crippen LogP contribution in [0.2, 0.25) is 0 Å². The van der Waals surface area contributed by atoms with Gasteiger partial charge in [-0.15, -0.1) is 0 Å². The van der Waals surface area contributed by atoms with Gasteiger partial charge in [0.05, 0.1) is 0 Å². The fraction of sp³-hybridized carbons (Fsp3) is 0.643. The van der Waals surface area contributed by atoms with E-state index in [0.717, 1.165) is 13.8 Å². The van der Waals surface area contributed by atoms with Gasteiger partial charge in [0.15, 0.2) is 24.4 Å². The number of aliphatic carboxylic acids is 1. The third kappa shape index (κ3) is 7.56. The number of carboxylic acid groups (broad SMARTS) is 1. The van der Waals surface area contributed by atoms with E-state index in [-0.39, 0.29) is 0 Å². The quantitative estimate of drug-likeness (QED) is 0.463. The van der Waals surface area contributed by atoms with E-state index in [1.807, 2.05) is 0 Å². The SMILES string of the molecule is CC(=O)O[C@@H](C)C(=O)O[C@@H](C)C(=O)O[C@@H](C)C(=O)OC(C)C(=O)O. The van der Waals surface area contributed by atoms with Crippen LogP contribution in [0.5, 0.6) is 0 Å². The molecule has 0 aliphatic rings. The Labute approximate surface area is 138 Å². The predicted molar refractivity (Wildman–Crippen MR) is 75.5 cm³/mol. The average molecular weight is 348 g/mol. The van der Waals surface area contributed by atoms with Gasteiger partial charge in [-0.25, -0.2) is 19.2 Å². The number of rotatable bonds is 8. The van der Waals surface area contributed by atoms with Crippen LogP contribution < -0.4 is 0 Å². The number of esters is 4. The molecule has 136 valence electrons. The van der Waals surface area contributed by atoms with Gasteiger partial charge in [-0.05, 0) is 27.7 Å². The van der Waals surface area contributed by atoms with Gasteiger partial charge in [-0.2, -0.15) is 0 Å². The summed E-state index contributed by atoms with van der Waals surface area (Å²) in [6, 6.07) is 0. The molecule has 4 atom stereocenters. The molecule has 0 spiro atoms. The van der Waals surface area contributed by atoms with Crippen LogP contribution in [0.3, 0.4) is 0 Å². The van der Waals surface area contributed by atoms with Crippen molar-refractivity contribution in [1.29, 1.82) is 0 Å². The van der Waals surface area contributed by atoms with Gasteiger partial charge >= 0.3 is 29.8 Å². The maximum atomic E-state index is 11.7. The van der Waals surface area contributed by atoms with Crippen molar-refractivity contribution in [3.8, 4) is 0 Å². The van der Waals surface area contributed by atoms with E-state index in [2.05, 4.69) is 9.47 Å². The number of carbonyl (C=O) groups excluding carboxylic acids is 4. The van der Waals surface area contributed by atoms with Crippen molar-refractivity contribution < 1.29 is 48.0 Å². The summed E-state index contributed by atoms with van der Waals surface area (Å²) in [7, 11) is 0. The van der Waals surface area contributed by atoms with E-state index in [0.29, 0.717) is 0 Å². The van der Waals surface area contributed by atoms with E-state index >= 15 is 0 Å². The summed E-state index contributed by atoms with van der Waals surface area (Å²) in [4.78, 5) is 56.1. The molecule has 0 aromatic carbocycles. The van der Waals surface area contributed by atoms with Crippen LogP contribution >= 0.6 is 0 Å². The molecule has 0 aromatic rings. The summed E-state index contributed by atoms with van der Waals surface area (Å²) in [5.41, 5.74) is 0. The summed E-state index contributed by atoms with van der Waals surface area (Å²) in [5.74, 6) is -5.14. The number of ether oxygens (including phenoxy) is 4. The minimum atomic E-state index is -1.40. The topological polar surface area (TPSA) is 143 Å². The molecular weight excluding hydrogens is 328 g/mol. The van der Waals surface area contributed by atoms with Gasteiger partial charge in [0.25, 0.3) is 0 Å². The van der Waals surface area contributed by atoms with Crippen LogP contribution in [0, 0.1) is 0 Å². The molecule has 10 heteroatoms. The molecule has 24 heavy (non-hydrogen) atoms. The predicted octanol–water partition coefficient (Wildman–Crippen LogP) is -0.182. The zero-order valence-corrected chi connectivity index (χ0v) is 13.9. The monoisotopic (exact) mass is 348 g/mol. The first-order valence-corrected chi connectivity index (χ1v) is 6.97. The van der Waals surface area contributed by atoms with Crippen molar-refractivity contribution in [3.05, 3.63) is 0 Å². The molecule has 0 radical (unpaired) electrons. The lowest BCUT2D eigenvalue weighted by Gasteiger charge is -2.18. The highest BCUT2D eigenvalue weighted by Crippen LogP contribution is 2.05. The summed E-state index contributed by atoms with van der Waals surface area (Å²) in [6.45, 7) is 5.86. The fourth-order valence-corrected chi connectivity index (χ4v) is 1.25. The number of carbonyl (C=O) groups is 5. The molecule has 1 unspecified atom stereocenters. The summed E-state index contributed by atoms with van der Waals surface area (Å²) in [6.07, 6.45) is -5.39. The van der Waals surface area contributed by atoms with Gasteiger partial charge in [0.1, 0.15) is 0 Å². The van der Waals surface area contributed by atoms with Crippen molar-refractivity contribution >= 4 is 29.8 Å². The van der Waals surface area contributed by atoms with Crippen molar-refractivity contribution in [2.75, 3.05) is 0 Å². The maximum absolute atomic E-state index is 11.7. The molecule has 0 aromatic heterocycles. The molecule has 0 heterocycles. The first-order valence-electron chi connectivity index (χ1n) is 6.97. The maximum Gasteiger partial charge on any atom is 0.347 e. The Morgan fingerprint density at radius 1 is 0.625 bits per heavy atom. The van der Waals surface area contributed by atoms with Gasteiger partial charge in [-0.3, -0.25) is 4.79 Å². The minimum absolute atomic E-state index is 0.696. The normalized spacial score (nSPS) is 15.2. The van der Waals surface area contributed by atoms with Crippen LogP contribution in [0.25, 0.3) is 0 Å². The Kier molecular flexibility index (Phi) is 8.43. The first kappa shape index (κ1) is 21.4.